The Hall–Kier alpha value is -3.68. The molecule has 0 bridgehead atoms. The normalized spacial score (nSPS) is 12.5. The zero-order valence-electron chi connectivity index (χ0n) is 15.1. The maximum Gasteiger partial charge on any atom is 0.343 e. The van der Waals surface area contributed by atoms with E-state index in [1.165, 1.54) is 7.11 Å². The topological polar surface area (TPSA) is 102 Å². The largest absolute Gasteiger partial charge is 0.482 e. The maximum absolute atomic E-state index is 12.3. The molecular formula is C20H18N2O6. The number of hydrogen-bond donors (Lipinski definition) is 1. The zero-order chi connectivity index (χ0) is 20.1. The molecule has 2 aromatic carbocycles. The molecule has 3 amide bonds. The van der Waals surface area contributed by atoms with Crippen LogP contribution in [0, 0.1) is 0 Å². The van der Waals surface area contributed by atoms with Crippen molar-refractivity contribution in [3.8, 4) is 5.75 Å². The summed E-state index contributed by atoms with van der Waals surface area (Å²) in [6.07, 6.45) is -0.0429. The molecule has 8 heteroatoms. The van der Waals surface area contributed by atoms with Crippen molar-refractivity contribution in [3.05, 3.63) is 59.7 Å². The van der Waals surface area contributed by atoms with E-state index in [4.69, 9.17) is 4.74 Å². The third-order valence-corrected chi connectivity index (χ3v) is 4.14. The molecule has 1 aliphatic heterocycles. The van der Waals surface area contributed by atoms with E-state index in [1.54, 1.807) is 48.5 Å². The van der Waals surface area contributed by atoms with Crippen LogP contribution in [0.3, 0.4) is 0 Å². The fraction of sp³-hybridized carbons (Fsp3) is 0.200. The van der Waals surface area contributed by atoms with Gasteiger partial charge in [-0.25, -0.2) is 4.79 Å². The predicted octanol–water partition coefficient (Wildman–Crippen LogP) is 1.86. The highest BCUT2D eigenvalue weighted by atomic mass is 16.6. The molecule has 1 N–H and O–H groups in total. The van der Waals surface area contributed by atoms with Crippen molar-refractivity contribution in [3.63, 3.8) is 0 Å². The SMILES string of the molecule is COC(=O)COc1cccc(NC(=O)CCN2C(=O)c3ccccc3C2=O)c1. The van der Waals surface area contributed by atoms with Gasteiger partial charge in [0, 0.05) is 24.7 Å². The molecule has 144 valence electrons. The highest BCUT2D eigenvalue weighted by Gasteiger charge is 2.34. The van der Waals surface area contributed by atoms with E-state index >= 15 is 0 Å². The van der Waals surface area contributed by atoms with Gasteiger partial charge >= 0.3 is 5.97 Å². The van der Waals surface area contributed by atoms with E-state index in [0.717, 1.165) is 4.90 Å². The Balaban J connectivity index is 1.55. The minimum atomic E-state index is -0.518. The minimum absolute atomic E-state index is 0.0172. The lowest BCUT2D eigenvalue weighted by Crippen LogP contribution is -2.32. The van der Waals surface area contributed by atoms with Crippen LogP contribution >= 0.6 is 0 Å². The summed E-state index contributed by atoms with van der Waals surface area (Å²) in [5.74, 6) is -1.28. The fourth-order valence-electron chi connectivity index (χ4n) is 2.74. The highest BCUT2D eigenvalue weighted by Crippen LogP contribution is 2.23. The Labute approximate surface area is 161 Å². The van der Waals surface area contributed by atoms with Crippen LogP contribution in [0.5, 0.6) is 5.75 Å². The molecule has 8 nitrogen and oxygen atoms in total. The number of hydrogen-bond acceptors (Lipinski definition) is 6. The number of carbonyl (C=O) groups excluding carboxylic acids is 4. The summed E-state index contributed by atoms with van der Waals surface area (Å²) in [7, 11) is 1.26. The summed E-state index contributed by atoms with van der Waals surface area (Å²) < 4.78 is 9.76. The molecular weight excluding hydrogens is 364 g/mol. The van der Waals surface area contributed by atoms with Gasteiger partial charge in [-0.2, -0.15) is 0 Å². The molecule has 0 aromatic heterocycles. The van der Waals surface area contributed by atoms with Crippen molar-refractivity contribution in [2.75, 3.05) is 25.6 Å². The van der Waals surface area contributed by atoms with Gasteiger partial charge in [-0.15, -0.1) is 0 Å². The minimum Gasteiger partial charge on any atom is -0.482 e. The van der Waals surface area contributed by atoms with Gasteiger partial charge in [-0.3, -0.25) is 19.3 Å². The van der Waals surface area contributed by atoms with Crippen LogP contribution < -0.4 is 10.1 Å². The summed E-state index contributed by atoms with van der Waals surface area (Å²) in [6.45, 7) is -0.260. The molecule has 1 aliphatic rings. The van der Waals surface area contributed by atoms with Gasteiger partial charge in [0.2, 0.25) is 5.91 Å². The van der Waals surface area contributed by atoms with Gasteiger partial charge in [-0.05, 0) is 24.3 Å². The monoisotopic (exact) mass is 382 g/mol. The number of imide groups is 1. The number of esters is 1. The number of ether oxygens (including phenoxy) is 2. The van der Waals surface area contributed by atoms with E-state index in [1.807, 2.05) is 0 Å². The molecule has 0 atom stereocenters. The number of nitrogens with zero attached hydrogens (tertiary/aromatic N) is 1. The van der Waals surface area contributed by atoms with Crippen LogP contribution in [-0.2, 0) is 14.3 Å². The summed E-state index contributed by atoms with van der Waals surface area (Å²) in [5, 5.41) is 2.67. The smallest absolute Gasteiger partial charge is 0.343 e. The van der Waals surface area contributed by atoms with E-state index < -0.39 is 17.8 Å². The molecule has 0 spiro atoms. The van der Waals surface area contributed by atoms with Crippen molar-refractivity contribution < 1.29 is 28.7 Å². The van der Waals surface area contributed by atoms with Gasteiger partial charge in [0.15, 0.2) is 6.61 Å². The number of fused-ring (bicyclic) bond motifs is 1. The average molecular weight is 382 g/mol. The van der Waals surface area contributed by atoms with E-state index in [0.29, 0.717) is 22.6 Å². The lowest BCUT2D eigenvalue weighted by atomic mass is 10.1. The number of nitrogens with one attached hydrogen (secondary N) is 1. The second-order valence-corrected chi connectivity index (χ2v) is 6.00. The van der Waals surface area contributed by atoms with E-state index in [-0.39, 0.29) is 25.5 Å². The number of amides is 3. The molecule has 0 saturated carbocycles. The standard InChI is InChI=1S/C20H18N2O6/c1-27-18(24)12-28-14-6-4-5-13(11-14)21-17(23)9-10-22-19(25)15-7-2-3-8-16(15)20(22)26/h2-8,11H,9-10,12H2,1H3,(H,21,23). The van der Waals surface area contributed by atoms with E-state index in [2.05, 4.69) is 10.1 Å². The first-order valence-corrected chi connectivity index (χ1v) is 8.54. The Morgan fingerprint density at radius 1 is 1.00 bits per heavy atom. The molecule has 0 aliphatic carbocycles. The van der Waals surface area contributed by atoms with Gasteiger partial charge in [-0.1, -0.05) is 18.2 Å². The van der Waals surface area contributed by atoms with Gasteiger partial charge in [0.25, 0.3) is 11.8 Å². The quantitative estimate of drug-likeness (QED) is 0.579. The fourth-order valence-corrected chi connectivity index (χ4v) is 2.74. The number of anilines is 1. The Kier molecular flexibility index (Phi) is 5.69. The molecule has 0 unspecified atom stereocenters. The lowest BCUT2D eigenvalue weighted by Gasteiger charge is -2.14. The lowest BCUT2D eigenvalue weighted by molar-refractivity contribution is -0.142. The third-order valence-electron chi connectivity index (χ3n) is 4.14. The van der Waals surface area contributed by atoms with Crippen LogP contribution in [0.15, 0.2) is 48.5 Å². The number of rotatable bonds is 7. The first-order chi connectivity index (χ1) is 13.5. The Morgan fingerprint density at radius 2 is 1.68 bits per heavy atom. The van der Waals surface area contributed by atoms with Crippen molar-refractivity contribution >= 4 is 29.4 Å². The average Bonchev–Trinajstić information content (AvgIpc) is 2.95. The van der Waals surface area contributed by atoms with Crippen LogP contribution in [0.25, 0.3) is 0 Å². The van der Waals surface area contributed by atoms with Crippen LogP contribution in [-0.4, -0.2) is 48.9 Å². The van der Waals surface area contributed by atoms with Crippen molar-refractivity contribution in [2.24, 2.45) is 0 Å². The second-order valence-electron chi connectivity index (χ2n) is 6.00. The van der Waals surface area contributed by atoms with Gasteiger partial charge in [0.05, 0.1) is 18.2 Å². The predicted molar refractivity (Wildman–Crippen MR) is 99.0 cm³/mol. The summed E-state index contributed by atoms with van der Waals surface area (Å²) >= 11 is 0. The molecule has 2 aromatic rings. The maximum atomic E-state index is 12.3. The number of benzene rings is 2. The van der Waals surface area contributed by atoms with Crippen LogP contribution in [0.1, 0.15) is 27.1 Å². The first kappa shape index (κ1) is 19.1. The zero-order valence-corrected chi connectivity index (χ0v) is 15.1. The summed E-state index contributed by atoms with van der Waals surface area (Å²) in [4.78, 5) is 49.0. The van der Waals surface area contributed by atoms with Crippen molar-refractivity contribution in [1.29, 1.82) is 0 Å². The van der Waals surface area contributed by atoms with Gasteiger partial charge in [0.1, 0.15) is 5.75 Å². The first-order valence-electron chi connectivity index (χ1n) is 8.54. The molecule has 28 heavy (non-hydrogen) atoms. The highest BCUT2D eigenvalue weighted by molar-refractivity contribution is 6.21. The molecule has 0 radical (unpaired) electrons. The van der Waals surface area contributed by atoms with Crippen LogP contribution in [0.2, 0.25) is 0 Å². The second kappa shape index (κ2) is 8.34. The number of methoxy groups -OCH3 is 1. The Bertz CT molecular complexity index is 905. The van der Waals surface area contributed by atoms with Crippen LogP contribution in [0.4, 0.5) is 5.69 Å². The summed E-state index contributed by atoms with van der Waals surface area (Å²) in [6, 6.07) is 13.1. The number of carbonyl (C=O) groups is 4. The van der Waals surface area contributed by atoms with E-state index in [9.17, 15) is 19.2 Å². The molecule has 3 rings (SSSR count). The molecule has 1 heterocycles. The molecule has 0 saturated heterocycles. The van der Waals surface area contributed by atoms with Crippen molar-refractivity contribution in [1.82, 2.24) is 4.90 Å². The van der Waals surface area contributed by atoms with Crippen molar-refractivity contribution in [2.45, 2.75) is 6.42 Å². The Morgan fingerprint density at radius 3 is 2.32 bits per heavy atom. The van der Waals surface area contributed by atoms with Gasteiger partial charge < -0.3 is 14.8 Å². The summed E-state index contributed by atoms with van der Waals surface area (Å²) in [5.41, 5.74) is 1.17. The third kappa shape index (κ3) is 4.17. The molecule has 0 fully saturated rings.